The Balaban J connectivity index is 1.70. The fourth-order valence-corrected chi connectivity index (χ4v) is 10.2. The van der Waals surface area contributed by atoms with Gasteiger partial charge in [-0.25, -0.2) is 14.2 Å². The smallest absolute Gasteiger partial charge is 0.326 e. The summed E-state index contributed by atoms with van der Waals surface area (Å²) in [7, 11) is -2.88. The Morgan fingerprint density at radius 3 is 2.02 bits per heavy atom. The molecule has 10 heteroatoms. The Morgan fingerprint density at radius 2 is 1.49 bits per heavy atom. The number of carbonyl (C=O) groups excluding carboxylic acids is 2. The van der Waals surface area contributed by atoms with Crippen molar-refractivity contribution >= 4 is 59.5 Å². The van der Waals surface area contributed by atoms with Gasteiger partial charge in [0.05, 0.1) is 17.9 Å². The lowest BCUT2D eigenvalue weighted by Crippen LogP contribution is -2.66. The summed E-state index contributed by atoms with van der Waals surface area (Å²) in [4.78, 5) is 29.5. The molecule has 0 unspecified atom stereocenters. The van der Waals surface area contributed by atoms with Crippen molar-refractivity contribution in [3.8, 4) is 0 Å². The summed E-state index contributed by atoms with van der Waals surface area (Å²) < 4.78 is 21.1. The lowest BCUT2D eigenvalue weighted by atomic mass is 9.98. The van der Waals surface area contributed by atoms with E-state index in [1.807, 2.05) is 68.4 Å². The largest absolute Gasteiger partial charge is 0.403 e. The lowest BCUT2D eigenvalue weighted by molar-refractivity contribution is 0.0966. The molecule has 4 rings (SSSR count). The molecule has 0 aliphatic carbocycles. The van der Waals surface area contributed by atoms with Crippen LogP contribution in [0.15, 0.2) is 84.9 Å². The molecule has 6 nitrogen and oxygen atoms in total. The number of carbonyl (C=O) groups is 2. The number of amides is 3. The van der Waals surface area contributed by atoms with Crippen LogP contribution < -0.4 is 21.0 Å². The highest BCUT2D eigenvalue weighted by Crippen LogP contribution is 2.38. The Kier molecular flexibility index (Phi) is 10.1. The third-order valence-electron chi connectivity index (χ3n) is 7.26. The van der Waals surface area contributed by atoms with Crippen LogP contribution in [0.4, 0.5) is 14.9 Å². The predicted octanol–water partition coefficient (Wildman–Crippen LogP) is 7.69. The van der Waals surface area contributed by atoms with Crippen molar-refractivity contribution in [1.82, 2.24) is 10.3 Å². The maximum atomic E-state index is 14.0. The van der Waals surface area contributed by atoms with Gasteiger partial charge in [0.15, 0.2) is 11.0 Å². The molecule has 0 saturated carbocycles. The number of imide groups is 1. The summed E-state index contributed by atoms with van der Waals surface area (Å²) in [6.45, 7) is 10.8. The van der Waals surface area contributed by atoms with E-state index in [0.29, 0.717) is 5.69 Å². The molecule has 4 aromatic rings. The zero-order valence-corrected chi connectivity index (χ0v) is 27.2. The van der Waals surface area contributed by atoms with E-state index in [4.69, 9.17) is 27.6 Å². The van der Waals surface area contributed by atoms with Gasteiger partial charge in [0, 0.05) is 5.56 Å². The third kappa shape index (κ3) is 6.99. The van der Waals surface area contributed by atoms with Gasteiger partial charge in [-0.2, -0.15) is 0 Å². The summed E-state index contributed by atoms with van der Waals surface area (Å²) in [5.74, 6) is -1.80. The van der Waals surface area contributed by atoms with Crippen molar-refractivity contribution in [1.29, 1.82) is 0 Å². The van der Waals surface area contributed by atoms with Crippen molar-refractivity contribution in [2.45, 2.75) is 52.2 Å². The second-order valence-electron chi connectivity index (χ2n) is 11.5. The fraction of sp³-hybridized carbons (Fsp3) is 0.242. The molecule has 3 amide bonds. The van der Waals surface area contributed by atoms with E-state index in [1.54, 1.807) is 0 Å². The number of pyridine rings is 1. The van der Waals surface area contributed by atoms with Crippen LogP contribution in [0.2, 0.25) is 15.3 Å². The number of halogens is 3. The topological polar surface area (TPSA) is 80.3 Å². The Hall–Kier alpha value is -3.56. The highest BCUT2D eigenvalue weighted by Gasteiger charge is 2.50. The number of hydrogen-bond donors (Lipinski definition) is 2. The van der Waals surface area contributed by atoms with Crippen LogP contribution in [-0.2, 0) is 11.0 Å². The van der Waals surface area contributed by atoms with Crippen molar-refractivity contribution in [2.24, 2.45) is 0 Å². The van der Waals surface area contributed by atoms with Gasteiger partial charge in [-0.05, 0) is 33.0 Å². The first kappa shape index (κ1) is 32.4. The molecule has 43 heavy (non-hydrogen) atoms. The van der Waals surface area contributed by atoms with E-state index in [2.05, 4.69) is 60.7 Å². The molecular formula is C33H34Cl2FN3O3Si. The number of nitrogens with zero attached hydrogens (tertiary/aromatic N) is 1. The molecule has 3 aromatic carbocycles. The minimum absolute atomic E-state index is 0.0443. The van der Waals surface area contributed by atoms with E-state index in [-0.39, 0.29) is 28.3 Å². The zero-order valence-electron chi connectivity index (χ0n) is 24.7. The molecule has 2 N–H and O–H groups in total. The standard InChI is InChI=1S/C33H34Cl2FN3O3Si/c1-21(2)25-18-12-13-22(28(25)37-32(41)39-31(40)26-19-27(36)30(35)38-29(26)34)20-42-43(33(3,4)5,23-14-8-6-9-15-23)24-16-10-7-11-17-24/h6-19,21H,20H2,1-5H3,(H2,37,39,40,41). The molecular weight excluding hydrogens is 604 g/mol. The molecule has 0 radical (unpaired) electrons. The quantitative estimate of drug-likeness (QED) is 0.153. The third-order valence-corrected chi connectivity index (χ3v) is 12.8. The van der Waals surface area contributed by atoms with Gasteiger partial charge in [0.25, 0.3) is 14.2 Å². The monoisotopic (exact) mass is 637 g/mol. The number of aromatic nitrogens is 1. The highest BCUT2D eigenvalue weighted by molar-refractivity contribution is 6.99. The summed E-state index contributed by atoms with van der Waals surface area (Å²) in [6, 6.07) is 26.3. The van der Waals surface area contributed by atoms with Crippen LogP contribution in [0.1, 0.15) is 62.0 Å². The maximum Gasteiger partial charge on any atom is 0.326 e. The van der Waals surface area contributed by atoms with Crippen LogP contribution in [0.5, 0.6) is 0 Å². The number of rotatable bonds is 8. The second-order valence-corrected chi connectivity index (χ2v) is 16.5. The van der Waals surface area contributed by atoms with Crippen LogP contribution in [0, 0.1) is 5.82 Å². The minimum Gasteiger partial charge on any atom is -0.403 e. The SMILES string of the molecule is CC(C)c1cccc(CO[Si](c2ccccc2)(c2ccccc2)C(C)(C)C)c1NC(=O)NC(=O)c1cc(F)c(Cl)nc1Cl. The lowest BCUT2D eigenvalue weighted by Gasteiger charge is -2.43. The molecule has 0 fully saturated rings. The summed E-state index contributed by atoms with van der Waals surface area (Å²) >= 11 is 11.6. The number of benzene rings is 3. The van der Waals surface area contributed by atoms with E-state index in [1.165, 1.54) is 0 Å². The van der Waals surface area contributed by atoms with Crippen LogP contribution in [0.3, 0.4) is 0 Å². The molecule has 1 aromatic heterocycles. The fourth-order valence-electron chi connectivity index (χ4n) is 5.24. The number of anilines is 1. The molecule has 0 spiro atoms. The van der Waals surface area contributed by atoms with Gasteiger partial charge in [-0.1, -0.05) is 137 Å². The molecule has 224 valence electrons. The summed E-state index contributed by atoms with van der Waals surface area (Å²) in [5.41, 5.74) is 1.83. The van der Waals surface area contributed by atoms with Crippen LogP contribution >= 0.6 is 23.2 Å². The molecule has 0 aliphatic heterocycles. The molecule has 1 heterocycles. The first-order chi connectivity index (χ1) is 20.3. The van der Waals surface area contributed by atoms with Gasteiger partial charge in [0.1, 0.15) is 5.15 Å². The maximum absolute atomic E-state index is 14.0. The summed E-state index contributed by atoms with van der Waals surface area (Å²) in [6.07, 6.45) is 0. The van der Waals surface area contributed by atoms with Crippen molar-refractivity contribution < 1.29 is 18.4 Å². The van der Waals surface area contributed by atoms with Gasteiger partial charge >= 0.3 is 6.03 Å². The normalized spacial score (nSPS) is 11.8. The number of hydrogen-bond acceptors (Lipinski definition) is 4. The predicted molar refractivity (Wildman–Crippen MR) is 174 cm³/mol. The first-order valence-electron chi connectivity index (χ1n) is 13.9. The number of nitrogens with one attached hydrogen (secondary N) is 2. The molecule has 0 aliphatic rings. The van der Waals surface area contributed by atoms with Gasteiger partial charge < -0.3 is 9.74 Å². The Labute approximate surface area is 262 Å². The van der Waals surface area contributed by atoms with Crippen LogP contribution in [-0.4, -0.2) is 25.2 Å². The number of para-hydroxylation sites is 1. The van der Waals surface area contributed by atoms with Gasteiger partial charge in [-0.15, -0.1) is 0 Å². The van der Waals surface area contributed by atoms with Crippen molar-refractivity contribution in [3.63, 3.8) is 0 Å². The van der Waals surface area contributed by atoms with E-state index >= 15 is 0 Å². The summed E-state index contributed by atoms with van der Waals surface area (Å²) in [5, 5.41) is 6.29. The van der Waals surface area contributed by atoms with E-state index in [9.17, 15) is 14.0 Å². The number of urea groups is 1. The first-order valence-corrected chi connectivity index (χ1v) is 16.5. The van der Waals surface area contributed by atoms with E-state index in [0.717, 1.165) is 27.6 Å². The Bertz CT molecular complexity index is 1570. The molecule has 0 atom stereocenters. The highest BCUT2D eigenvalue weighted by atomic mass is 35.5. The Morgan fingerprint density at radius 1 is 0.907 bits per heavy atom. The van der Waals surface area contributed by atoms with Gasteiger partial charge in [0.2, 0.25) is 0 Å². The van der Waals surface area contributed by atoms with Crippen molar-refractivity contribution in [2.75, 3.05) is 5.32 Å². The van der Waals surface area contributed by atoms with E-state index < -0.39 is 31.2 Å². The zero-order chi connectivity index (χ0) is 31.4. The minimum atomic E-state index is -2.88. The van der Waals surface area contributed by atoms with Crippen molar-refractivity contribution in [3.05, 3.63) is 118 Å². The van der Waals surface area contributed by atoms with Crippen LogP contribution in [0.25, 0.3) is 0 Å². The average Bonchev–Trinajstić information content (AvgIpc) is 2.96. The molecule has 0 saturated heterocycles. The van der Waals surface area contributed by atoms with Gasteiger partial charge in [-0.3, -0.25) is 10.1 Å². The second kappa shape index (κ2) is 13.4. The average molecular weight is 639 g/mol. The molecule has 0 bridgehead atoms.